The van der Waals surface area contributed by atoms with Crippen molar-refractivity contribution in [3.8, 4) is 0 Å². The topological polar surface area (TPSA) is 29.1 Å². The zero-order valence-electron chi connectivity index (χ0n) is 11.2. The minimum Gasteiger partial charge on any atom is -0.385 e. The van der Waals surface area contributed by atoms with Gasteiger partial charge < -0.3 is 5.32 Å². The smallest absolute Gasteiger partial charge is 0.167 e. The molecule has 2 aromatic rings. The second-order valence-corrected chi connectivity index (χ2v) is 6.01. The molecule has 0 amide bonds. The number of carbonyl (C=O) groups is 1. The van der Waals surface area contributed by atoms with Crippen molar-refractivity contribution in [3.05, 3.63) is 63.6 Å². The molecule has 2 nitrogen and oxygen atoms in total. The summed E-state index contributed by atoms with van der Waals surface area (Å²) in [6.45, 7) is 0.996. The first-order valence-corrected chi connectivity index (χ1v) is 7.67. The quantitative estimate of drug-likeness (QED) is 0.853. The van der Waals surface area contributed by atoms with Gasteiger partial charge in [-0.3, -0.25) is 4.79 Å². The molecule has 0 atom stereocenters. The van der Waals surface area contributed by atoms with Gasteiger partial charge in [0.2, 0.25) is 0 Å². The van der Waals surface area contributed by atoms with E-state index < -0.39 is 0 Å². The van der Waals surface area contributed by atoms with Crippen molar-refractivity contribution in [2.24, 2.45) is 0 Å². The van der Waals surface area contributed by atoms with Crippen LogP contribution in [0.4, 0.5) is 5.69 Å². The lowest BCUT2D eigenvalue weighted by Gasteiger charge is -2.20. The molecule has 2 aromatic carbocycles. The first-order valence-electron chi connectivity index (χ1n) is 6.87. The molecule has 1 aliphatic heterocycles. The molecule has 1 aliphatic rings. The molecule has 102 valence electrons. The highest BCUT2D eigenvalue weighted by atomic mass is 79.9. The Morgan fingerprint density at radius 2 is 2.05 bits per heavy atom. The van der Waals surface area contributed by atoms with Crippen LogP contribution in [0.3, 0.4) is 0 Å². The van der Waals surface area contributed by atoms with Crippen LogP contribution in [-0.2, 0) is 12.8 Å². The summed E-state index contributed by atoms with van der Waals surface area (Å²) in [4.78, 5) is 12.6. The molecule has 0 saturated heterocycles. The van der Waals surface area contributed by atoms with Crippen LogP contribution in [0.15, 0.2) is 46.9 Å². The highest BCUT2D eigenvalue weighted by molar-refractivity contribution is 9.10. The third-order valence-corrected chi connectivity index (χ3v) is 4.14. The minimum atomic E-state index is 0.198. The van der Waals surface area contributed by atoms with Gasteiger partial charge >= 0.3 is 0 Å². The molecule has 1 N–H and O–H groups in total. The van der Waals surface area contributed by atoms with Gasteiger partial charge in [-0.2, -0.15) is 0 Å². The summed E-state index contributed by atoms with van der Waals surface area (Å²) in [6, 6.07) is 13.9. The minimum absolute atomic E-state index is 0.198. The summed E-state index contributed by atoms with van der Waals surface area (Å²) < 4.78 is 1.01. The molecule has 0 radical (unpaired) electrons. The fourth-order valence-electron chi connectivity index (χ4n) is 2.70. The Kier molecular flexibility index (Phi) is 3.88. The number of hydrogen-bond donors (Lipinski definition) is 1. The second kappa shape index (κ2) is 5.80. The van der Waals surface area contributed by atoms with Gasteiger partial charge in [0.1, 0.15) is 0 Å². The van der Waals surface area contributed by atoms with Gasteiger partial charge in [-0.25, -0.2) is 0 Å². The van der Waals surface area contributed by atoms with Gasteiger partial charge in [0.25, 0.3) is 0 Å². The third kappa shape index (κ3) is 2.78. The number of hydrogen-bond acceptors (Lipinski definition) is 2. The molecule has 0 spiro atoms. The number of rotatable bonds is 3. The van der Waals surface area contributed by atoms with Crippen LogP contribution in [0.1, 0.15) is 27.9 Å². The maximum absolute atomic E-state index is 12.6. The van der Waals surface area contributed by atoms with Crippen LogP contribution in [-0.4, -0.2) is 12.3 Å². The summed E-state index contributed by atoms with van der Waals surface area (Å²) in [5, 5.41) is 3.37. The number of Topliss-reactive ketones (excluding diaryl/α,β-unsaturated/α-hetero) is 1. The van der Waals surface area contributed by atoms with Crippen molar-refractivity contribution in [2.45, 2.75) is 19.3 Å². The van der Waals surface area contributed by atoms with Gasteiger partial charge in [-0.1, -0.05) is 40.2 Å². The predicted octanol–water partition coefficient (Wildman–Crippen LogP) is 4.23. The number of ketones is 1. The second-order valence-electron chi connectivity index (χ2n) is 5.09. The molecule has 0 fully saturated rings. The van der Waals surface area contributed by atoms with E-state index in [-0.39, 0.29) is 5.78 Å². The molecule has 0 aromatic heterocycles. The largest absolute Gasteiger partial charge is 0.385 e. The molecule has 3 heteroatoms. The van der Waals surface area contributed by atoms with Crippen molar-refractivity contribution < 1.29 is 4.79 Å². The van der Waals surface area contributed by atoms with Crippen LogP contribution in [0.5, 0.6) is 0 Å². The van der Waals surface area contributed by atoms with Crippen molar-refractivity contribution >= 4 is 27.4 Å². The Labute approximate surface area is 127 Å². The number of anilines is 1. The van der Waals surface area contributed by atoms with Gasteiger partial charge in [0.15, 0.2) is 5.78 Å². The fraction of sp³-hybridized carbons (Fsp3) is 0.235. The highest BCUT2D eigenvalue weighted by Gasteiger charge is 2.17. The summed E-state index contributed by atoms with van der Waals surface area (Å²) >= 11 is 3.45. The third-order valence-electron chi connectivity index (χ3n) is 3.65. The van der Waals surface area contributed by atoms with Crippen molar-refractivity contribution in [1.29, 1.82) is 0 Å². The van der Waals surface area contributed by atoms with E-state index in [2.05, 4.69) is 27.3 Å². The lowest BCUT2D eigenvalue weighted by atomic mass is 9.93. The van der Waals surface area contributed by atoms with Crippen LogP contribution in [0.2, 0.25) is 0 Å². The average Bonchev–Trinajstić information content (AvgIpc) is 2.46. The standard InChI is InChI=1S/C17H16BrNO/c18-13-5-1-4-12(10-13)11-17(20)15-6-2-8-16-14(15)7-3-9-19-16/h1-2,4-6,8,10,19H,3,7,9,11H2. The van der Waals surface area contributed by atoms with E-state index in [0.717, 1.165) is 40.7 Å². The molecule has 20 heavy (non-hydrogen) atoms. The van der Waals surface area contributed by atoms with Crippen molar-refractivity contribution in [2.75, 3.05) is 11.9 Å². The Balaban J connectivity index is 1.88. The highest BCUT2D eigenvalue weighted by Crippen LogP contribution is 2.26. The van der Waals surface area contributed by atoms with E-state index in [4.69, 9.17) is 0 Å². The van der Waals surface area contributed by atoms with Gasteiger partial charge in [0.05, 0.1) is 0 Å². The van der Waals surface area contributed by atoms with Crippen LogP contribution in [0.25, 0.3) is 0 Å². The summed E-state index contributed by atoms with van der Waals surface area (Å²) in [6.07, 6.45) is 2.53. The van der Waals surface area contributed by atoms with Gasteiger partial charge in [-0.05, 0) is 42.2 Å². The lowest BCUT2D eigenvalue weighted by molar-refractivity contribution is 0.0992. The lowest BCUT2D eigenvalue weighted by Crippen LogP contribution is -2.16. The van der Waals surface area contributed by atoms with E-state index in [1.165, 1.54) is 5.56 Å². The van der Waals surface area contributed by atoms with E-state index >= 15 is 0 Å². The SMILES string of the molecule is O=C(Cc1cccc(Br)c1)c1cccc2c1CCCN2. The molecular weight excluding hydrogens is 314 g/mol. The molecule has 0 aliphatic carbocycles. The Morgan fingerprint density at radius 3 is 2.90 bits per heavy atom. The monoisotopic (exact) mass is 329 g/mol. The fourth-order valence-corrected chi connectivity index (χ4v) is 3.15. The Morgan fingerprint density at radius 1 is 1.20 bits per heavy atom. The van der Waals surface area contributed by atoms with Crippen LogP contribution in [0, 0.1) is 0 Å². The molecule has 0 saturated carbocycles. The predicted molar refractivity (Wildman–Crippen MR) is 85.4 cm³/mol. The maximum atomic E-state index is 12.6. The van der Waals surface area contributed by atoms with Crippen LogP contribution >= 0.6 is 15.9 Å². The van der Waals surface area contributed by atoms with Gasteiger partial charge in [-0.15, -0.1) is 0 Å². The van der Waals surface area contributed by atoms with E-state index in [9.17, 15) is 4.79 Å². The Bertz CT molecular complexity index is 651. The maximum Gasteiger partial charge on any atom is 0.167 e. The molecule has 0 bridgehead atoms. The molecule has 1 heterocycles. The van der Waals surface area contributed by atoms with E-state index in [1.807, 2.05) is 36.4 Å². The number of benzene rings is 2. The zero-order valence-corrected chi connectivity index (χ0v) is 12.7. The molecular formula is C17H16BrNO. The number of fused-ring (bicyclic) bond motifs is 1. The summed E-state index contributed by atoms with van der Waals surface area (Å²) in [5.41, 5.74) is 4.22. The van der Waals surface area contributed by atoms with Gasteiger partial charge in [0, 0.05) is 28.7 Å². The first-order chi connectivity index (χ1) is 9.74. The number of halogens is 1. The number of nitrogens with one attached hydrogen (secondary N) is 1. The van der Waals surface area contributed by atoms with E-state index in [1.54, 1.807) is 0 Å². The Hall–Kier alpha value is -1.61. The van der Waals surface area contributed by atoms with Crippen molar-refractivity contribution in [3.63, 3.8) is 0 Å². The normalized spacial score (nSPS) is 13.4. The summed E-state index contributed by atoms with van der Waals surface area (Å²) in [7, 11) is 0. The van der Waals surface area contributed by atoms with E-state index in [0.29, 0.717) is 6.42 Å². The van der Waals surface area contributed by atoms with Crippen molar-refractivity contribution in [1.82, 2.24) is 0 Å². The average molecular weight is 330 g/mol. The van der Waals surface area contributed by atoms with Crippen LogP contribution < -0.4 is 5.32 Å². The molecule has 0 unspecified atom stereocenters. The summed E-state index contributed by atoms with van der Waals surface area (Å²) in [5.74, 6) is 0.198. The molecule has 3 rings (SSSR count). The first kappa shape index (κ1) is 13.4. The zero-order chi connectivity index (χ0) is 13.9. The number of carbonyl (C=O) groups excluding carboxylic acids is 1.